The van der Waals surface area contributed by atoms with Gasteiger partial charge in [-0.1, -0.05) is 17.7 Å². The lowest BCUT2D eigenvalue weighted by molar-refractivity contribution is -0.141. The lowest BCUT2D eigenvalue weighted by Gasteiger charge is -2.24. The van der Waals surface area contributed by atoms with E-state index in [4.69, 9.17) is 16.7 Å². The fraction of sp³-hybridized carbons (Fsp3) is 0.500. The number of rotatable bonds is 4. The maximum Gasteiger partial charge on any atom is 0.317 e. The van der Waals surface area contributed by atoms with E-state index in [0.717, 1.165) is 18.4 Å². The molecule has 1 saturated heterocycles. The van der Waals surface area contributed by atoms with E-state index in [1.165, 1.54) is 11.0 Å². The van der Waals surface area contributed by atoms with E-state index in [-0.39, 0.29) is 23.6 Å². The number of benzene rings is 1. The smallest absolute Gasteiger partial charge is 0.317 e. The van der Waals surface area contributed by atoms with Crippen molar-refractivity contribution in [2.24, 2.45) is 11.8 Å². The third-order valence-corrected chi connectivity index (χ3v) is 4.79. The summed E-state index contributed by atoms with van der Waals surface area (Å²) in [6, 6.07) is 3.99. The molecule has 0 bridgehead atoms. The zero-order valence-electron chi connectivity index (χ0n) is 12.5. The van der Waals surface area contributed by atoms with Gasteiger partial charge in [0, 0.05) is 13.1 Å². The Morgan fingerprint density at radius 1 is 1.35 bits per heavy atom. The lowest BCUT2D eigenvalue weighted by atomic mass is 10.0. The molecule has 124 valence electrons. The van der Waals surface area contributed by atoms with Crippen LogP contribution in [0.3, 0.4) is 0 Å². The first-order chi connectivity index (χ1) is 11.0. The number of carboxylic acid groups (broad SMARTS) is 1. The number of nitrogens with zero attached hydrogens (tertiary/aromatic N) is 1. The minimum Gasteiger partial charge on any atom is -0.481 e. The molecule has 0 spiro atoms. The summed E-state index contributed by atoms with van der Waals surface area (Å²) in [4.78, 5) is 24.9. The molecule has 1 heterocycles. The molecule has 1 aliphatic heterocycles. The van der Waals surface area contributed by atoms with Crippen LogP contribution < -0.4 is 5.32 Å². The van der Waals surface area contributed by atoms with E-state index in [0.29, 0.717) is 18.9 Å². The molecule has 2 atom stereocenters. The Kier molecular flexibility index (Phi) is 4.43. The summed E-state index contributed by atoms with van der Waals surface area (Å²) in [6.45, 7) is 0.660. The van der Waals surface area contributed by atoms with Crippen LogP contribution in [0.15, 0.2) is 18.2 Å². The van der Waals surface area contributed by atoms with E-state index in [1.54, 1.807) is 12.1 Å². The highest BCUT2D eigenvalue weighted by atomic mass is 35.5. The van der Waals surface area contributed by atoms with Gasteiger partial charge in [-0.05, 0) is 42.9 Å². The van der Waals surface area contributed by atoms with Crippen molar-refractivity contribution in [1.29, 1.82) is 0 Å². The number of carboxylic acids is 1. The van der Waals surface area contributed by atoms with Crippen molar-refractivity contribution in [1.82, 2.24) is 10.2 Å². The maximum atomic E-state index is 13.3. The molecule has 2 aliphatic rings. The van der Waals surface area contributed by atoms with Crippen LogP contribution in [0.1, 0.15) is 30.9 Å². The monoisotopic (exact) mass is 340 g/mol. The predicted octanol–water partition coefficient (Wildman–Crippen LogP) is 3.05. The Hall–Kier alpha value is -1.82. The fourth-order valence-corrected chi connectivity index (χ4v) is 3.17. The number of amides is 2. The molecule has 2 N–H and O–H groups in total. The lowest BCUT2D eigenvalue weighted by Crippen LogP contribution is -2.41. The maximum absolute atomic E-state index is 13.3. The van der Waals surface area contributed by atoms with Crippen LogP contribution in [0.25, 0.3) is 0 Å². The van der Waals surface area contributed by atoms with Crippen molar-refractivity contribution in [3.63, 3.8) is 0 Å². The van der Waals surface area contributed by atoms with Gasteiger partial charge in [0.1, 0.15) is 5.82 Å². The van der Waals surface area contributed by atoms with E-state index >= 15 is 0 Å². The van der Waals surface area contributed by atoms with E-state index in [2.05, 4.69) is 5.32 Å². The molecule has 0 aromatic heterocycles. The summed E-state index contributed by atoms with van der Waals surface area (Å²) in [5, 5.41) is 12.0. The Balaban J connectivity index is 1.69. The van der Waals surface area contributed by atoms with E-state index in [1.807, 2.05) is 0 Å². The number of carbonyl (C=O) groups excluding carboxylic acids is 1. The highest BCUT2D eigenvalue weighted by Crippen LogP contribution is 2.41. The van der Waals surface area contributed by atoms with Crippen molar-refractivity contribution < 1.29 is 19.1 Å². The van der Waals surface area contributed by atoms with Crippen molar-refractivity contribution in [3.05, 3.63) is 34.6 Å². The third-order valence-electron chi connectivity index (χ3n) is 4.50. The zero-order valence-corrected chi connectivity index (χ0v) is 13.2. The summed E-state index contributed by atoms with van der Waals surface area (Å²) < 4.78 is 13.3. The number of urea groups is 1. The minimum absolute atomic E-state index is 0.0366. The Bertz CT molecular complexity index is 636. The molecule has 2 fully saturated rings. The summed E-state index contributed by atoms with van der Waals surface area (Å²) >= 11 is 5.84. The van der Waals surface area contributed by atoms with Gasteiger partial charge < -0.3 is 15.3 Å². The summed E-state index contributed by atoms with van der Waals surface area (Å²) in [7, 11) is 0. The number of hydrogen-bond donors (Lipinski definition) is 2. The molecule has 2 amide bonds. The van der Waals surface area contributed by atoms with Crippen molar-refractivity contribution in [3.8, 4) is 0 Å². The van der Waals surface area contributed by atoms with Crippen LogP contribution in [-0.4, -0.2) is 35.1 Å². The van der Waals surface area contributed by atoms with Gasteiger partial charge in [0.05, 0.1) is 17.0 Å². The van der Waals surface area contributed by atoms with Gasteiger partial charge >= 0.3 is 12.0 Å². The molecular weight excluding hydrogens is 323 g/mol. The molecule has 1 aromatic rings. The summed E-state index contributed by atoms with van der Waals surface area (Å²) in [6.07, 6.45) is 2.47. The van der Waals surface area contributed by atoms with E-state index < -0.39 is 17.7 Å². The van der Waals surface area contributed by atoms with Gasteiger partial charge in [0.15, 0.2) is 0 Å². The number of carbonyl (C=O) groups is 2. The highest BCUT2D eigenvalue weighted by molar-refractivity contribution is 6.30. The first-order valence-electron chi connectivity index (χ1n) is 7.69. The predicted molar refractivity (Wildman–Crippen MR) is 82.7 cm³/mol. The van der Waals surface area contributed by atoms with Crippen LogP contribution in [0.4, 0.5) is 9.18 Å². The first kappa shape index (κ1) is 16.1. The van der Waals surface area contributed by atoms with Gasteiger partial charge in [-0.15, -0.1) is 0 Å². The quantitative estimate of drug-likeness (QED) is 0.885. The Labute approximate surface area is 138 Å². The molecule has 0 radical (unpaired) electrons. The summed E-state index contributed by atoms with van der Waals surface area (Å²) in [5.74, 6) is -1.54. The molecule has 1 saturated carbocycles. The largest absolute Gasteiger partial charge is 0.481 e. The first-order valence-corrected chi connectivity index (χ1v) is 8.06. The molecule has 7 heteroatoms. The fourth-order valence-electron chi connectivity index (χ4n) is 2.98. The second kappa shape index (κ2) is 6.35. The Morgan fingerprint density at radius 3 is 2.65 bits per heavy atom. The van der Waals surface area contributed by atoms with Crippen molar-refractivity contribution >= 4 is 23.6 Å². The highest BCUT2D eigenvalue weighted by Gasteiger charge is 2.36. The number of aliphatic carboxylic acids is 1. The van der Waals surface area contributed by atoms with Crippen LogP contribution >= 0.6 is 11.6 Å². The standard InChI is InChI=1S/C16H18ClFN2O3/c17-12-7-10(3-4-13(12)18)14(9-1-2-9)19-16(23)20-6-5-11(8-20)15(21)22/h3-4,7,9,11,14H,1-2,5-6,8H2,(H,19,23)(H,21,22). The van der Waals surface area contributed by atoms with Crippen molar-refractivity contribution in [2.75, 3.05) is 13.1 Å². The molecular formula is C16H18ClFN2O3. The molecule has 5 nitrogen and oxygen atoms in total. The van der Waals surface area contributed by atoms with Crippen LogP contribution in [-0.2, 0) is 4.79 Å². The van der Waals surface area contributed by atoms with Crippen LogP contribution in [0.5, 0.6) is 0 Å². The van der Waals surface area contributed by atoms with Gasteiger partial charge in [-0.25, -0.2) is 9.18 Å². The molecule has 1 aromatic carbocycles. The SMILES string of the molecule is O=C(O)C1CCN(C(=O)NC(c2ccc(F)c(Cl)c2)C2CC2)C1. The molecule has 23 heavy (non-hydrogen) atoms. The normalized spacial score (nSPS) is 22.0. The van der Waals surface area contributed by atoms with Gasteiger partial charge in [0.2, 0.25) is 0 Å². The summed E-state index contributed by atoms with van der Waals surface area (Å²) in [5.41, 5.74) is 0.779. The van der Waals surface area contributed by atoms with Gasteiger partial charge in [0.25, 0.3) is 0 Å². The molecule has 2 unspecified atom stereocenters. The van der Waals surface area contributed by atoms with E-state index in [9.17, 15) is 14.0 Å². The topological polar surface area (TPSA) is 69.6 Å². The third kappa shape index (κ3) is 3.58. The number of likely N-dealkylation sites (tertiary alicyclic amines) is 1. The minimum atomic E-state index is -0.871. The average molecular weight is 341 g/mol. The molecule has 3 rings (SSSR count). The van der Waals surface area contributed by atoms with Crippen LogP contribution in [0.2, 0.25) is 5.02 Å². The second-order valence-corrected chi connectivity index (χ2v) is 6.62. The van der Waals surface area contributed by atoms with Crippen LogP contribution in [0, 0.1) is 17.7 Å². The molecule has 1 aliphatic carbocycles. The van der Waals surface area contributed by atoms with Gasteiger partial charge in [-0.2, -0.15) is 0 Å². The van der Waals surface area contributed by atoms with Gasteiger partial charge in [-0.3, -0.25) is 4.79 Å². The number of nitrogens with one attached hydrogen (secondary N) is 1. The Morgan fingerprint density at radius 2 is 2.09 bits per heavy atom. The average Bonchev–Trinajstić information content (AvgIpc) is 3.22. The van der Waals surface area contributed by atoms with Crippen molar-refractivity contribution in [2.45, 2.75) is 25.3 Å². The number of halogens is 2. The second-order valence-electron chi connectivity index (χ2n) is 6.21. The number of hydrogen-bond acceptors (Lipinski definition) is 2. The zero-order chi connectivity index (χ0) is 16.6.